The van der Waals surface area contributed by atoms with Gasteiger partial charge >= 0.3 is 5.97 Å². The van der Waals surface area contributed by atoms with Crippen molar-refractivity contribution < 1.29 is 19.9 Å². The number of hydrogen-bond donors (Lipinski definition) is 3. The van der Waals surface area contributed by atoms with Gasteiger partial charge in [0, 0.05) is 23.9 Å². The normalized spacial score (nSPS) is 11.9. The third kappa shape index (κ3) is 3.15. The number of nitro benzene ring substituents is 1. The second-order valence-corrected chi connectivity index (χ2v) is 3.52. The molecule has 0 aromatic heterocycles. The summed E-state index contributed by atoms with van der Waals surface area (Å²) < 4.78 is 0. The molecular formula is C10H12N2O5. The first-order chi connectivity index (χ1) is 7.95. The highest BCUT2D eigenvalue weighted by Crippen LogP contribution is 2.22. The minimum Gasteiger partial charge on any atom is -0.478 e. The Balaban J connectivity index is 3.13. The van der Waals surface area contributed by atoms with Crippen LogP contribution in [-0.2, 0) is 0 Å². The fraction of sp³-hybridized carbons (Fsp3) is 0.300. The van der Waals surface area contributed by atoms with Crippen molar-refractivity contribution in [2.75, 3.05) is 11.9 Å². The molecule has 1 rings (SSSR count). The molecule has 0 amide bonds. The number of aliphatic hydroxyl groups is 1. The van der Waals surface area contributed by atoms with Gasteiger partial charge in [0.15, 0.2) is 0 Å². The van der Waals surface area contributed by atoms with E-state index in [-0.39, 0.29) is 29.6 Å². The zero-order valence-corrected chi connectivity index (χ0v) is 9.08. The highest BCUT2D eigenvalue weighted by Gasteiger charge is 2.16. The third-order valence-electron chi connectivity index (χ3n) is 2.12. The van der Waals surface area contributed by atoms with Crippen molar-refractivity contribution in [3.05, 3.63) is 33.9 Å². The highest BCUT2D eigenvalue weighted by molar-refractivity contribution is 5.95. The summed E-state index contributed by atoms with van der Waals surface area (Å²) in [6.07, 6.45) is 0. The summed E-state index contributed by atoms with van der Waals surface area (Å²) in [4.78, 5) is 20.8. The highest BCUT2D eigenvalue weighted by atomic mass is 16.6. The zero-order valence-electron chi connectivity index (χ0n) is 9.08. The summed E-state index contributed by atoms with van der Waals surface area (Å²) in [6, 6.07) is 3.16. The van der Waals surface area contributed by atoms with Gasteiger partial charge in [0.05, 0.1) is 17.1 Å². The lowest BCUT2D eigenvalue weighted by Gasteiger charge is -2.14. The molecule has 0 aliphatic carbocycles. The van der Waals surface area contributed by atoms with E-state index in [0.717, 1.165) is 6.07 Å². The molecule has 0 saturated heterocycles. The van der Waals surface area contributed by atoms with E-state index < -0.39 is 10.9 Å². The lowest BCUT2D eigenvalue weighted by Crippen LogP contribution is -2.21. The number of aliphatic hydroxyl groups excluding tert-OH is 1. The molecule has 7 heteroatoms. The van der Waals surface area contributed by atoms with Crippen molar-refractivity contribution in [2.24, 2.45) is 0 Å². The average molecular weight is 240 g/mol. The molecule has 1 aromatic rings. The molecule has 17 heavy (non-hydrogen) atoms. The standard InChI is InChI=1S/C10H12N2O5/c1-6(5-13)11-9-3-2-7(12(16)17)4-8(9)10(14)15/h2-4,6,11,13H,5H2,1H3,(H,14,15). The summed E-state index contributed by atoms with van der Waals surface area (Å²) in [5.41, 5.74) is -0.242. The van der Waals surface area contributed by atoms with Gasteiger partial charge in [-0.05, 0) is 13.0 Å². The fourth-order valence-corrected chi connectivity index (χ4v) is 1.26. The smallest absolute Gasteiger partial charge is 0.338 e. The molecule has 0 saturated carbocycles. The van der Waals surface area contributed by atoms with E-state index in [1.54, 1.807) is 6.92 Å². The van der Waals surface area contributed by atoms with Crippen LogP contribution in [0, 0.1) is 10.1 Å². The van der Waals surface area contributed by atoms with Crippen LogP contribution in [0.5, 0.6) is 0 Å². The van der Waals surface area contributed by atoms with Crippen molar-refractivity contribution in [2.45, 2.75) is 13.0 Å². The number of carboxylic acid groups (broad SMARTS) is 1. The molecular weight excluding hydrogens is 228 g/mol. The number of carbonyl (C=O) groups is 1. The van der Waals surface area contributed by atoms with Gasteiger partial charge in [-0.15, -0.1) is 0 Å². The second-order valence-electron chi connectivity index (χ2n) is 3.52. The van der Waals surface area contributed by atoms with E-state index in [1.165, 1.54) is 12.1 Å². The number of aromatic carboxylic acids is 1. The molecule has 0 bridgehead atoms. The van der Waals surface area contributed by atoms with Crippen molar-refractivity contribution >= 4 is 17.3 Å². The van der Waals surface area contributed by atoms with Crippen LogP contribution in [0.25, 0.3) is 0 Å². The van der Waals surface area contributed by atoms with E-state index >= 15 is 0 Å². The van der Waals surface area contributed by atoms with Crippen LogP contribution in [0.1, 0.15) is 17.3 Å². The van der Waals surface area contributed by atoms with Gasteiger partial charge < -0.3 is 15.5 Å². The molecule has 1 aromatic carbocycles. The second kappa shape index (κ2) is 5.26. The van der Waals surface area contributed by atoms with Crippen LogP contribution in [0.3, 0.4) is 0 Å². The largest absolute Gasteiger partial charge is 0.478 e. The summed E-state index contributed by atoms with van der Waals surface area (Å²) in [6.45, 7) is 1.49. The van der Waals surface area contributed by atoms with E-state index in [1.807, 2.05) is 0 Å². The van der Waals surface area contributed by atoms with Crippen LogP contribution in [0.2, 0.25) is 0 Å². The maximum absolute atomic E-state index is 10.9. The Kier molecular flexibility index (Phi) is 4.00. The minimum atomic E-state index is -1.26. The molecule has 7 nitrogen and oxygen atoms in total. The minimum absolute atomic E-state index is 0.171. The van der Waals surface area contributed by atoms with Crippen LogP contribution < -0.4 is 5.32 Å². The van der Waals surface area contributed by atoms with Gasteiger partial charge in [-0.1, -0.05) is 0 Å². The molecule has 0 aliphatic rings. The summed E-state index contributed by atoms with van der Waals surface area (Å²) in [5, 5.41) is 31.1. The monoisotopic (exact) mass is 240 g/mol. The molecule has 0 heterocycles. The Morgan fingerprint density at radius 1 is 1.59 bits per heavy atom. The first-order valence-electron chi connectivity index (χ1n) is 4.85. The van der Waals surface area contributed by atoms with Gasteiger partial charge in [-0.3, -0.25) is 10.1 Å². The van der Waals surface area contributed by atoms with Crippen LogP contribution in [-0.4, -0.2) is 33.8 Å². The Labute approximate surface area is 96.8 Å². The van der Waals surface area contributed by atoms with Crippen molar-refractivity contribution in [1.82, 2.24) is 0 Å². The van der Waals surface area contributed by atoms with E-state index in [2.05, 4.69) is 5.32 Å². The van der Waals surface area contributed by atoms with Crippen molar-refractivity contribution in [1.29, 1.82) is 0 Å². The first-order valence-corrected chi connectivity index (χ1v) is 4.85. The molecule has 0 radical (unpaired) electrons. The van der Waals surface area contributed by atoms with E-state index in [9.17, 15) is 14.9 Å². The maximum atomic E-state index is 10.9. The number of non-ortho nitro benzene ring substituents is 1. The molecule has 1 unspecified atom stereocenters. The van der Waals surface area contributed by atoms with Crippen LogP contribution >= 0.6 is 0 Å². The van der Waals surface area contributed by atoms with Gasteiger partial charge in [0.2, 0.25) is 0 Å². The maximum Gasteiger partial charge on any atom is 0.338 e. The number of hydrogen-bond acceptors (Lipinski definition) is 5. The van der Waals surface area contributed by atoms with Crippen LogP contribution in [0.15, 0.2) is 18.2 Å². The van der Waals surface area contributed by atoms with E-state index in [0.29, 0.717) is 0 Å². The van der Waals surface area contributed by atoms with Gasteiger partial charge in [0.25, 0.3) is 5.69 Å². The summed E-state index contributed by atoms with van der Waals surface area (Å²) in [5.74, 6) is -1.26. The average Bonchev–Trinajstić information content (AvgIpc) is 2.28. The number of rotatable bonds is 5. The zero-order chi connectivity index (χ0) is 13.0. The van der Waals surface area contributed by atoms with Crippen LogP contribution in [0.4, 0.5) is 11.4 Å². The van der Waals surface area contributed by atoms with E-state index in [4.69, 9.17) is 10.2 Å². The molecule has 0 spiro atoms. The first kappa shape index (κ1) is 12.9. The SMILES string of the molecule is CC(CO)Nc1ccc([N+](=O)[O-])cc1C(=O)O. The Bertz CT molecular complexity index is 446. The number of anilines is 1. The molecule has 0 aliphatic heterocycles. The lowest BCUT2D eigenvalue weighted by molar-refractivity contribution is -0.384. The number of nitrogens with zero attached hydrogens (tertiary/aromatic N) is 1. The van der Waals surface area contributed by atoms with Gasteiger partial charge in [-0.2, -0.15) is 0 Å². The topological polar surface area (TPSA) is 113 Å². The fourth-order valence-electron chi connectivity index (χ4n) is 1.26. The third-order valence-corrected chi connectivity index (χ3v) is 2.12. The molecule has 92 valence electrons. The number of benzene rings is 1. The number of nitro groups is 1. The Morgan fingerprint density at radius 3 is 2.71 bits per heavy atom. The quantitative estimate of drug-likeness (QED) is 0.524. The van der Waals surface area contributed by atoms with Crippen molar-refractivity contribution in [3.63, 3.8) is 0 Å². The summed E-state index contributed by atoms with van der Waals surface area (Å²) >= 11 is 0. The van der Waals surface area contributed by atoms with Gasteiger partial charge in [0.1, 0.15) is 0 Å². The lowest BCUT2D eigenvalue weighted by atomic mass is 10.1. The molecule has 0 fully saturated rings. The predicted molar refractivity (Wildman–Crippen MR) is 60.2 cm³/mol. The molecule has 3 N–H and O–H groups in total. The Morgan fingerprint density at radius 2 is 2.24 bits per heavy atom. The van der Waals surface area contributed by atoms with Crippen molar-refractivity contribution in [3.8, 4) is 0 Å². The molecule has 1 atom stereocenters. The number of carboxylic acids is 1. The summed E-state index contributed by atoms with van der Waals surface area (Å²) in [7, 11) is 0. The number of nitrogens with one attached hydrogen (secondary N) is 1. The Hall–Kier alpha value is -2.15. The van der Waals surface area contributed by atoms with Gasteiger partial charge in [-0.25, -0.2) is 4.79 Å². The predicted octanol–water partition coefficient (Wildman–Crippen LogP) is 1.09.